The van der Waals surface area contributed by atoms with Crippen LogP contribution < -0.4 is 0 Å². The van der Waals surface area contributed by atoms with Crippen molar-refractivity contribution in [3.05, 3.63) is 84.9 Å². The topological polar surface area (TPSA) is 76.8 Å². The van der Waals surface area contributed by atoms with E-state index in [1.165, 1.54) is 0 Å². The van der Waals surface area contributed by atoms with E-state index in [1.807, 2.05) is 72.5 Å². The fourth-order valence-electron chi connectivity index (χ4n) is 3.47. The van der Waals surface area contributed by atoms with E-state index >= 15 is 0 Å². The van der Waals surface area contributed by atoms with Gasteiger partial charge >= 0.3 is 0 Å². The van der Waals surface area contributed by atoms with E-state index in [1.54, 1.807) is 23.1 Å². The minimum absolute atomic E-state index is 0.0837. The molecule has 2 aromatic heterocycles. The molecule has 7 heteroatoms. The molecule has 0 saturated heterocycles. The van der Waals surface area contributed by atoms with Crippen molar-refractivity contribution in [2.24, 2.45) is 0 Å². The molecule has 176 valence electrons. The lowest BCUT2D eigenvalue weighted by molar-refractivity contribution is -0.132. The molecule has 4 rings (SSSR count). The molecule has 4 aromatic rings. The van der Waals surface area contributed by atoms with Crippen LogP contribution in [-0.2, 0) is 11.3 Å². The van der Waals surface area contributed by atoms with Crippen molar-refractivity contribution >= 4 is 5.91 Å². The van der Waals surface area contributed by atoms with E-state index in [0.717, 1.165) is 48.7 Å². The second-order valence-electron chi connectivity index (χ2n) is 7.83. The number of aryl methyl sites for hydroxylation is 1. The van der Waals surface area contributed by atoms with Crippen LogP contribution >= 0.6 is 0 Å². The Hall–Kier alpha value is -3.87. The molecule has 0 N–H and O–H groups in total. The molecule has 0 unspecified atom stereocenters. The van der Waals surface area contributed by atoms with E-state index in [4.69, 9.17) is 4.98 Å². The molecule has 0 aliphatic rings. The second-order valence-corrected chi connectivity index (χ2v) is 7.83. The molecule has 0 aliphatic carbocycles. The lowest BCUT2D eigenvalue weighted by atomic mass is 10.2. The fourth-order valence-corrected chi connectivity index (χ4v) is 3.47. The van der Waals surface area contributed by atoms with Gasteiger partial charge in [0.25, 0.3) is 0 Å². The molecule has 0 atom stereocenters. The summed E-state index contributed by atoms with van der Waals surface area (Å²) in [4.78, 5) is 27.2. The lowest BCUT2D eigenvalue weighted by Crippen LogP contribution is -2.35. The Kier molecular flexibility index (Phi) is 9.46. The third kappa shape index (κ3) is 7.07. The first-order valence-electron chi connectivity index (χ1n) is 11.7. The SMILES string of the molecule is CCCN(CCC)C(=O)Cn1nc(-c2ccccc2)nc1-c1ccccc1.Cc1ncccn1. The van der Waals surface area contributed by atoms with Gasteiger partial charge in [0.2, 0.25) is 5.91 Å². The summed E-state index contributed by atoms with van der Waals surface area (Å²) in [5.74, 6) is 2.26. The summed E-state index contributed by atoms with van der Waals surface area (Å²) in [6.45, 7) is 7.79. The molecule has 1 amide bonds. The van der Waals surface area contributed by atoms with Crippen LogP contribution in [0.15, 0.2) is 79.1 Å². The van der Waals surface area contributed by atoms with Crippen LogP contribution in [0, 0.1) is 6.92 Å². The van der Waals surface area contributed by atoms with Crippen molar-refractivity contribution in [1.29, 1.82) is 0 Å². The van der Waals surface area contributed by atoms with Gasteiger partial charge in [0.15, 0.2) is 11.6 Å². The van der Waals surface area contributed by atoms with Crippen LogP contribution in [0.2, 0.25) is 0 Å². The maximum Gasteiger partial charge on any atom is 0.244 e. The van der Waals surface area contributed by atoms with E-state index in [9.17, 15) is 4.79 Å². The largest absolute Gasteiger partial charge is 0.341 e. The number of carbonyl (C=O) groups is 1. The molecular weight excluding hydrogens is 424 g/mol. The summed E-state index contributed by atoms with van der Waals surface area (Å²) >= 11 is 0. The van der Waals surface area contributed by atoms with Crippen molar-refractivity contribution in [2.75, 3.05) is 13.1 Å². The Morgan fingerprint density at radius 2 is 1.38 bits per heavy atom. The molecule has 2 heterocycles. The van der Waals surface area contributed by atoms with Crippen molar-refractivity contribution in [3.63, 3.8) is 0 Å². The normalized spacial score (nSPS) is 10.3. The van der Waals surface area contributed by atoms with Crippen molar-refractivity contribution < 1.29 is 4.79 Å². The van der Waals surface area contributed by atoms with Crippen molar-refractivity contribution in [2.45, 2.75) is 40.2 Å². The maximum absolute atomic E-state index is 12.9. The molecule has 34 heavy (non-hydrogen) atoms. The third-order valence-electron chi connectivity index (χ3n) is 5.06. The minimum atomic E-state index is 0.0837. The zero-order chi connectivity index (χ0) is 24.2. The van der Waals surface area contributed by atoms with Gasteiger partial charge < -0.3 is 4.90 Å². The molecule has 0 spiro atoms. The Bertz CT molecular complexity index is 1120. The van der Waals surface area contributed by atoms with Crippen molar-refractivity contribution in [3.8, 4) is 22.8 Å². The highest BCUT2D eigenvalue weighted by atomic mass is 16.2. The number of hydrogen-bond donors (Lipinski definition) is 0. The zero-order valence-electron chi connectivity index (χ0n) is 20.1. The molecule has 0 saturated carbocycles. The number of benzene rings is 2. The van der Waals surface area contributed by atoms with Gasteiger partial charge in [-0.05, 0) is 25.8 Å². The predicted octanol–water partition coefficient (Wildman–Crippen LogP) is 5.05. The Balaban J connectivity index is 0.000000396. The standard InChI is InChI=1S/C22H26N4O.C5H6N2/c1-3-15-25(16-4-2)20(27)17-26-22(19-13-9-6-10-14-19)23-21(24-26)18-11-7-5-8-12-18;1-5-6-3-2-4-7-5/h5-14H,3-4,15-17H2,1-2H3;2-4H,1H3. The van der Waals surface area contributed by atoms with Crippen LogP contribution in [0.1, 0.15) is 32.5 Å². The van der Waals surface area contributed by atoms with Gasteiger partial charge in [-0.15, -0.1) is 5.10 Å². The first-order valence-corrected chi connectivity index (χ1v) is 11.7. The number of amides is 1. The van der Waals surface area contributed by atoms with Gasteiger partial charge in [0.1, 0.15) is 12.4 Å². The van der Waals surface area contributed by atoms with Crippen LogP contribution in [0.25, 0.3) is 22.8 Å². The predicted molar refractivity (Wildman–Crippen MR) is 135 cm³/mol. The average Bonchev–Trinajstić information content (AvgIpc) is 3.29. The molecule has 0 radical (unpaired) electrons. The quantitative estimate of drug-likeness (QED) is 0.371. The van der Waals surface area contributed by atoms with E-state index < -0.39 is 0 Å². The fraction of sp³-hybridized carbons (Fsp3) is 0.296. The highest BCUT2D eigenvalue weighted by molar-refractivity contribution is 5.77. The Morgan fingerprint density at radius 3 is 1.88 bits per heavy atom. The number of nitrogens with zero attached hydrogens (tertiary/aromatic N) is 6. The number of carbonyl (C=O) groups excluding carboxylic acids is 1. The number of rotatable bonds is 8. The highest BCUT2D eigenvalue weighted by Gasteiger charge is 2.18. The summed E-state index contributed by atoms with van der Waals surface area (Å²) in [5, 5.41) is 4.66. The lowest BCUT2D eigenvalue weighted by Gasteiger charge is -2.21. The van der Waals surface area contributed by atoms with Gasteiger partial charge in [0, 0.05) is 36.6 Å². The van der Waals surface area contributed by atoms with Crippen LogP contribution in [0.5, 0.6) is 0 Å². The summed E-state index contributed by atoms with van der Waals surface area (Å²) < 4.78 is 1.73. The average molecular weight is 457 g/mol. The van der Waals surface area contributed by atoms with Crippen LogP contribution in [0.3, 0.4) is 0 Å². The van der Waals surface area contributed by atoms with E-state index in [-0.39, 0.29) is 12.5 Å². The minimum Gasteiger partial charge on any atom is -0.341 e. The van der Waals surface area contributed by atoms with Crippen molar-refractivity contribution in [1.82, 2.24) is 29.6 Å². The summed E-state index contributed by atoms with van der Waals surface area (Å²) in [6, 6.07) is 21.6. The first kappa shape index (κ1) is 24.8. The summed E-state index contributed by atoms with van der Waals surface area (Å²) in [7, 11) is 0. The summed E-state index contributed by atoms with van der Waals surface area (Å²) in [5.41, 5.74) is 1.90. The van der Waals surface area contributed by atoms with Gasteiger partial charge in [-0.1, -0.05) is 74.5 Å². The van der Waals surface area contributed by atoms with Crippen LogP contribution in [-0.4, -0.2) is 48.6 Å². The second kappa shape index (κ2) is 13.0. The zero-order valence-corrected chi connectivity index (χ0v) is 20.1. The van der Waals surface area contributed by atoms with E-state index in [2.05, 4.69) is 28.9 Å². The van der Waals surface area contributed by atoms with E-state index in [0.29, 0.717) is 5.82 Å². The van der Waals surface area contributed by atoms with Gasteiger partial charge in [-0.25, -0.2) is 19.6 Å². The van der Waals surface area contributed by atoms with Crippen LogP contribution in [0.4, 0.5) is 0 Å². The molecular formula is C27H32N6O. The monoisotopic (exact) mass is 456 g/mol. The summed E-state index contributed by atoms with van der Waals surface area (Å²) in [6.07, 6.45) is 5.35. The molecule has 0 bridgehead atoms. The molecule has 2 aromatic carbocycles. The molecule has 7 nitrogen and oxygen atoms in total. The van der Waals surface area contributed by atoms with Gasteiger partial charge in [-0.3, -0.25) is 4.79 Å². The molecule has 0 fully saturated rings. The number of hydrogen-bond acceptors (Lipinski definition) is 5. The molecule has 0 aliphatic heterocycles. The third-order valence-corrected chi connectivity index (χ3v) is 5.06. The smallest absolute Gasteiger partial charge is 0.244 e. The number of aromatic nitrogens is 5. The Labute approximate surface area is 201 Å². The Morgan fingerprint density at radius 1 is 0.824 bits per heavy atom. The first-order chi connectivity index (χ1) is 16.6. The van der Waals surface area contributed by atoms with Gasteiger partial charge in [-0.2, -0.15) is 0 Å². The van der Waals surface area contributed by atoms with Gasteiger partial charge in [0.05, 0.1) is 0 Å². The highest BCUT2D eigenvalue weighted by Crippen LogP contribution is 2.22. The maximum atomic E-state index is 12.9.